The molecular weight excluding hydrogens is 744 g/mol. The summed E-state index contributed by atoms with van der Waals surface area (Å²) < 4.78 is 37.6. The number of carbonyl (C=O) groups is 3. The average molecular weight is 800 g/mol. The Morgan fingerprint density at radius 1 is 0.724 bits per heavy atom. The van der Waals surface area contributed by atoms with Crippen LogP contribution in [0.4, 0.5) is 13.2 Å². The summed E-state index contributed by atoms with van der Waals surface area (Å²) in [6, 6.07) is 36.8. The van der Waals surface area contributed by atoms with Gasteiger partial charge in [0.25, 0.3) is 5.91 Å². The van der Waals surface area contributed by atoms with Gasteiger partial charge in [-0.2, -0.15) is 13.2 Å². The smallest absolute Gasteiger partial charge is 0.475 e. The molecule has 11 heteroatoms. The standard InChI is InChI=1S/C45H55N3O3.C2HF3O2/c49-44(35-51-34-39-13-5-2-6-14-39)48(28-10-18-36-11-3-1-4-12-36)33-40-17-8-19-41(31-40)42-20-9-21-43(32-42)45(50)47-29-24-38(25-30-47)16-7-15-37-22-26-46-27-23-37;3-2(4,5)1(6)7/h1-6,8-9,11-14,17,19-21,31-32,37-38,46H,7,10,15-16,18,22-30,33-35H2;(H,6,7). The van der Waals surface area contributed by atoms with Crippen molar-refractivity contribution >= 4 is 17.8 Å². The lowest BCUT2D eigenvalue weighted by molar-refractivity contribution is -0.192. The molecule has 2 aliphatic rings. The van der Waals surface area contributed by atoms with E-state index < -0.39 is 12.1 Å². The van der Waals surface area contributed by atoms with E-state index in [4.69, 9.17) is 14.6 Å². The molecule has 2 N–H and O–H groups in total. The molecule has 2 heterocycles. The highest BCUT2D eigenvalue weighted by atomic mass is 19.4. The van der Waals surface area contributed by atoms with E-state index in [9.17, 15) is 22.8 Å². The Kier molecular flexibility index (Phi) is 17.3. The molecule has 58 heavy (non-hydrogen) atoms. The summed E-state index contributed by atoms with van der Waals surface area (Å²) in [5.74, 6) is -0.996. The van der Waals surface area contributed by atoms with Crippen molar-refractivity contribution in [1.82, 2.24) is 15.1 Å². The van der Waals surface area contributed by atoms with Gasteiger partial charge in [-0.15, -0.1) is 0 Å². The number of ether oxygens (including phenoxy) is 1. The van der Waals surface area contributed by atoms with E-state index in [0.29, 0.717) is 19.7 Å². The van der Waals surface area contributed by atoms with Crippen molar-refractivity contribution in [2.45, 2.75) is 77.1 Å². The molecule has 0 spiro atoms. The number of nitrogens with one attached hydrogen (secondary N) is 1. The molecule has 0 bridgehead atoms. The molecule has 4 aromatic carbocycles. The molecule has 6 rings (SSSR count). The van der Waals surface area contributed by atoms with Gasteiger partial charge >= 0.3 is 12.1 Å². The second-order valence-electron chi connectivity index (χ2n) is 15.3. The van der Waals surface area contributed by atoms with Crippen LogP contribution < -0.4 is 5.32 Å². The lowest BCUT2D eigenvalue weighted by atomic mass is 9.87. The van der Waals surface area contributed by atoms with Crippen LogP contribution in [0, 0.1) is 11.8 Å². The number of rotatable bonds is 16. The van der Waals surface area contributed by atoms with Crippen LogP contribution in [0.3, 0.4) is 0 Å². The second-order valence-corrected chi connectivity index (χ2v) is 15.3. The van der Waals surface area contributed by atoms with Crippen LogP contribution in [0.15, 0.2) is 109 Å². The number of aryl methyl sites for hydroxylation is 1. The molecule has 0 saturated carbocycles. The fourth-order valence-electron chi connectivity index (χ4n) is 7.71. The van der Waals surface area contributed by atoms with Crippen LogP contribution in [-0.2, 0) is 33.9 Å². The topological polar surface area (TPSA) is 99.2 Å². The van der Waals surface area contributed by atoms with E-state index in [1.807, 2.05) is 65.6 Å². The maximum Gasteiger partial charge on any atom is 0.490 e. The fraction of sp³-hybridized carbons (Fsp3) is 0.426. The van der Waals surface area contributed by atoms with Gasteiger partial charge in [-0.1, -0.05) is 110 Å². The fourth-order valence-corrected chi connectivity index (χ4v) is 7.71. The van der Waals surface area contributed by atoms with Crippen molar-refractivity contribution in [2.75, 3.05) is 39.3 Å². The maximum atomic E-state index is 13.6. The third-order valence-electron chi connectivity index (χ3n) is 11.0. The summed E-state index contributed by atoms with van der Waals surface area (Å²) >= 11 is 0. The molecule has 2 saturated heterocycles. The van der Waals surface area contributed by atoms with Crippen LogP contribution in [0.1, 0.15) is 78.4 Å². The summed E-state index contributed by atoms with van der Waals surface area (Å²) in [6.07, 6.45) is 5.56. The Morgan fingerprint density at radius 3 is 1.93 bits per heavy atom. The molecule has 2 aliphatic heterocycles. The number of benzene rings is 4. The summed E-state index contributed by atoms with van der Waals surface area (Å²) in [6.45, 7) is 5.65. The van der Waals surface area contributed by atoms with Crippen molar-refractivity contribution < 1.29 is 37.4 Å². The number of alkyl halides is 3. The van der Waals surface area contributed by atoms with Crippen LogP contribution >= 0.6 is 0 Å². The number of carboxylic acid groups (broad SMARTS) is 1. The number of amides is 2. The van der Waals surface area contributed by atoms with E-state index in [2.05, 4.69) is 58.7 Å². The first-order chi connectivity index (χ1) is 28.0. The van der Waals surface area contributed by atoms with Gasteiger partial charge in [0.2, 0.25) is 5.91 Å². The molecule has 2 fully saturated rings. The first-order valence-electron chi connectivity index (χ1n) is 20.5. The monoisotopic (exact) mass is 799 g/mol. The number of hydrogen-bond acceptors (Lipinski definition) is 5. The zero-order valence-electron chi connectivity index (χ0n) is 33.2. The summed E-state index contributed by atoms with van der Waals surface area (Å²) in [5.41, 5.74) is 6.19. The lowest BCUT2D eigenvalue weighted by Crippen LogP contribution is -2.38. The van der Waals surface area contributed by atoms with E-state index in [-0.39, 0.29) is 18.4 Å². The van der Waals surface area contributed by atoms with Crippen molar-refractivity contribution in [3.8, 4) is 11.1 Å². The molecule has 0 radical (unpaired) electrons. The minimum absolute atomic E-state index is 0.0115. The normalized spacial score (nSPS) is 15.0. The Morgan fingerprint density at radius 2 is 1.29 bits per heavy atom. The van der Waals surface area contributed by atoms with Crippen LogP contribution in [-0.4, -0.2) is 78.2 Å². The molecule has 4 aromatic rings. The van der Waals surface area contributed by atoms with Gasteiger partial charge in [-0.05, 0) is 109 Å². The largest absolute Gasteiger partial charge is 0.490 e. The number of halogens is 3. The molecule has 8 nitrogen and oxygen atoms in total. The van der Waals surface area contributed by atoms with Gasteiger partial charge in [0.05, 0.1) is 6.61 Å². The third kappa shape index (κ3) is 14.7. The Labute approximate surface area is 340 Å². The van der Waals surface area contributed by atoms with Crippen molar-refractivity contribution in [3.05, 3.63) is 131 Å². The highest BCUT2D eigenvalue weighted by Gasteiger charge is 2.38. The Hall–Kier alpha value is -5.00. The molecule has 0 aromatic heterocycles. The van der Waals surface area contributed by atoms with Gasteiger partial charge in [-0.3, -0.25) is 9.59 Å². The minimum Gasteiger partial charge on any atom is -0.475 e. The SMILES string of the molecule is O=C(COCc1ccccc1)N(CCCc1ccccc1)Cc1cccc(-c2cccc(C(=O)N3CCC(CCCC4CCNCC4)CC3)c2)c1.O=C(O)C(F)(F)F. The molecule has 0 unspecified atom stereocenters. The molecule has 2 amide bonds. The Balaban J connectivity index is 0.000000839. The zero-order valence-corrected chi connectivity index (χ0v) is 33.2. The predicted octanol–water partition coefficient (Wildman–Crippen LogP) is 9.19. The van der Waals surface area contributed by atoms with Gasteiger partial charge in [0, 0.05) is 31.7 Å². The summed E-state index contributed by atoms with van der Waals surface area (Å²) in [5, 5.41) is 10.6. The third-order valence-corrected chi connectivity index (χ3v) is 11.0. The van der Waals surface area contributed by atoms with E-state index in [1.54, 1.807) is 0 Å². The van der Waals surface area contributed by atoms with Gasteiger partial charge in [0.1, 0.15) is 6.61 Å². The Bertz CT molecular complexity index is 1860. The van der Waals surface area contributed by atoms with Crippen molar-refractivity contribution in [2.24, 2.45) is 11.8 Å². The second kappa shape index (κ2) is 22.8. The maximum absolute atomic E-state index is 13.6. The highest BCUT2D eigenvalue weighted by molar-refractivity contribution is 5.95. The number of likely N-dealkylation sites (tertiary alicyclic amines) is 1. The average Bonchev–Trinajstić information content (AvgIpc) is 3.24. The molecular formula is C47H56F3N3O5. The number of carbonyl (C=O) groups excluding carboxylic acids is 2. The van der Waals surface area contributed by atoms with Crippen molar-refractivity contribution in [1.29, 1.82) is 0 Å². The highest BCUT2D eigenvalue weighted by Crippen LogP contribution is 2.28. The summed E-state index contributed by atoms with van der Waals surface area (Å²) in [4.78, 5) is 40.0. The summed E-state index contributed by atoms with van der Waals surface area (Å²) in [7, 11) is 0. The van der Waals surface area contributed by atoms with Gasteiger partial charge < -0.3 is 25.0 Å². The number of piperidine rings is 2. The molecule has 310 valence electrons. The number of hydrogen-bond donors (Lipinski definition) is 2. The van der Waals surface area contributed by atoms with Crippen LogP contribution in [0.2, 0.25) is 0 Å². The van der Waals surface area contributed by atoms with E-state index in [1.165, 1.54) is 50.8 Å². The minimum atomic E-state index is -5.08. The predicted molar refractivity (Wildman–Crippen MR) is 220 cm³/mol. The zero-order chi connectivity index (χ0) is 41.2. The van der Waals surface area contributed by atoms with E-state index >= 15 is 0 Å². The number of carboxylic acids is 1. The van der Waals surface area contributed by atoms with Crippen LogP contribution in [0.25, 0.3) is 11.1 Å². The van der Waals surface area contributed by atoms with Crippen LogP contribution in [0.5, 0.6) is 0 Å². The number of aliphatic carboxylic acids is 1. The quantitative estimate of drug-likeness (QED) is 0.117. The first-order valence-corrected chi connectivity index (χ1v) is 20.5. The van der Waals surface area contributed by atoms with Gasteiger partial charge in [0.15, 0.2) is 0 Å². The first kappa shape index (κ1) is 44.1. The molecule has 0 aliphatic carbocycles. The molecule has 0 atom stereocenters. The number of nitrogens with zero attached hydrogens (tertiary/aromatic N) is 2. The van der Waals surface area contributed by atoms with Gasteiger partial charge in [-0.25, -0.2) is 4.79 Å². The van der Waals surface area contributed by atoms with Crippen molar-refractivity contribution in [3.63, 3.8) is 0 Å². The van der Waals surface area contributed by atoms with E-state index in [0.717, 1.165) is 78.4 Å². The lowest BCUT2D eigenvalue weighted by Gasteiger charge is -2.32.